The molecule has 2 aromatic carbocycles. The summed E-state index contributed by atoms with van der Waals surface area (Å²) in [6, 6.07) is 6.23. The van der Waals surface area contributed by atoms with Crippen LogP contribution < -0.4 is 5.32 Å². The molecule has 0 saturated heterocycles. The van der Waals surface area contributed by atoms with Crippen molar-refractivity contribution in [1.82, 2.24) is 0 Å². The second kappa shape index (κ2) is 8.09. The second-order valence-electron chi connectivity index (χ2n) is 8.26. The summed E-state index contributed by atoms with van der Waals surface area (Å²) < 4.78 is 39.9. The van der Waals surface area contributed by atoms with Crippen LogP contribution >= 0.6 is 23.4 Å². The lowest BCUT2D eigenvalue weighted by Crippen LogP contribution is -2.42. The van der Waals surface area contributed by atoms with Gasteiger partial charge in [-0.25, -0.2) is 13.2 Å². The Labute approximate surface area is 182 Å². The first kappa shape index (κ1) is 21.5. The molecule has 0 heterocycles. The smallest absolute Gasteiger partial charge is 0.255 e. The number of fused-ring (bicyclic) bond motifs is 2. The number of carbonyl (C=O) groups excluding carboxylic acids is 1. The van der Waals surface area contributed by atoms with E-state index < -0.39 is 29.0 Å². The maximum atomic E-state index is 13.4. The molecule has 1 unspecified atom stereocenters. The zero-order chi connectivity index (χ0) is 21.6. The third kappa shape index (κ3) is 4.07. The molecule has 1 amide bonds. The fourth-order valence-corrected chi connectivity index (χ4v) is 6.25. The van der Waals surface area contributed by atoms with Gasteiger partial charge in [-0.3, -0.25) is 4.79 Å². The van der Waals surface area contributed by atoms with Gasteiger partial charge in [0.15, 0.2) is 17.5 Å². The van der Waals surface area contributed by atoms with Crippen LogP contribution in [0.15, 0.2) is 35.2 Å². The first-order valence-corrected chi connectivity index (χ1v) is 11.1. The predicted molar refractivity (Wildman–Crippen MR) is 111 cm³/mol. The molecule has 2 bridgehead atoms. The Morgan fingerprint density at radius 3 is 2.33 bits per heavy atom. The highest BCUT2D eigenvalue weighted by molar-refractivity contribution is 8.00. The molecule has 2 fully saturated rings. The minimum atomic E-state index is -1.58. The highest BCUT2D eigenvalue weighted by Gasteiger charge is 2.50. The van der Waals surface area contributed by atoms with Crippen LogP contribution in [0.25, 0.3) is 0 Å². The van der Waals surface area contributed by atoms with Crippen molar-refractivity contribution < 1.29 is 23.1 Å². The number of nitrogens with one attached hydrogen (secondary N) is 1. The number of carbonyl (C=O) groups is 1. The molecule has 30 heavy (non-hydrogen) atoms. The van der Waals surface area contributed by atoms with E-state index in [4.69, 9.17) is 11.6 Å². The SMILES string of the molecule is C[C@@]1(O)C2CC[C@H]1C[C@H](Sc1cc(C(=O)Nc3cc(F)c(F)c(F)c3)ccc1Cl)C2. The van der Waals surface area contributed by atoms with Crippen molar-refractivity contribution in [3.05, 3.63) is 58.4 Å². The van der Waals surface area contributed by atoms with Gasteiger partial charge in [0.25, 0.3) is 5.91 Å². The number of hydrogen-bond acceptors (Lipinski definition) is 3. The average Bonchev–Trinajstić information content (AvgIpc) is 2.84. The van der Waals surface area contributed by atoms with Gasteiger partial charge in [0.2, 0.25) is 0 Å². The summed E-state index contributed by atoms with van der Waals surface area (Å²) in [5.74, 6) is -4.38. The van der Waals surface area contributed by atoms with E-state index >= 15 is 0 Å². The summed E-state index contributed by atoms with van der Waals surface area (Å²) in [6.07, 6.45) is 3.81. The van der Waals surface area contributed by atoms with Crippen LogP contribution in [0.5, 0.6) is 0 Å². The van der Waals surface area contributed by atoms with Gasteiger partial charge in [-0.1, -0.05) is 11.6 Å². The number of rotatable bonds is 4. The molecule has 0 spiro atoms. The molecule has 4 atom stereocenters. The first-order chi connectivity index (χ1) is 14.1. The van der Waals surface area contributed by atoms with Crippen molar-refractivity contribution in [2.45, 2.75) is 48.4 Å². The Balaban J connectivity index is 1.49. The van der Waals surface area contributed by atoms with Crippen molar-refractivity contribution >= 4 is 35.0 Å². The topological polar surface area (TPSA) is 49.3 Å². The van der Waals surface area contributed by atoms with E-state index in [2.05, 4.69) is 5.32 Å². The van der Waals surface area contributed by atoms with Crippen LogP contribution in [0, 0.1) is 29.3 Å². The van der Waals surface area contributed by atoms with Crippen molar-refractivity contribution in [2.75, 3.05) is 5.32 Å². The van der Waals surface area contributed by atoms with Crippen LogP contribution in [0.3, 0.4) is 0 Å². The minimum absolute atomic E-state index is 0.174. The van der Waals surface area contributed by atoms with E-state index in [1.165, 1.54) is 6.07 Å². The molecule has 0 aliphatic heterocycles. The van der Waals surface area contributed by atoms with E-state index in [-0.39, 0.29) is 23.1 Å². The van der Waals surface area contributed by atoms with Crippen molar-refractivity contribution in [3.8, 4) is 0 Å². The summed E-state index contributed by atoms with van der Waals surface area (Å²) in [5, 5.41) is 13.8. The lowest BCUT2D eigenvalue weighted by Gasteiger charge is -2.40. The van der Waals surface area contributed by atoms with Gasteiger partial charge in [-0.05, 0) is 62.6 Å². The number of halogens is 4. The van der Waals surface area contributed by atoms with Crippen LogP contribution in [-0.4, -0.2) is 21.9 Å². The molecule has 0 aromatic heterocycles. The number of benzene rings is 2. The van der Waals surface area contributed by atoms with Gasteiger partial charge < -0.3 is 10.4 Å². The molecule has 0 radical (unpaired) electrons. The van der Waals surface area contributed by atoms with E-state index in [1.807, 2.05) is 6.92 Å². The fraction of sp³-hybridized carbons (Fsp3) is 0.409. The van der Waals surface area contributed by atoms with Crippen LogP contribution in [0.4, 0.5) is 18.9 Å². The lowest BCUT2D eigenvalue weighted by molar-refractivity contribution is -0.0407. The standard InChI is InChI=1S/C22H21ClF3NO2S/c1-22(29)12-3-4-13(22)8-15(7-12)30-19-6-11(2-5-16(19)23)21(28)27-14-9-17(24)20(26)18(25)10-14/h2,5-6,9-10,12-13,15,29H,3-4,7-8H2,1H3,(H,27,28)/t12-,13?,15-,22-/m0/s1. The molecule has 4 rings (SSSR count). The molecule has 2 aliphatic rings. The van der Waals surface area contributed by atoms with E-state index in [0.29, 0.717) is 10.3 Å². The molecular weight excluding hydrogens is 435 g/mol. The Bertz CT molecular complexity index is 961. The van der Waals surface area contributed by atoms with Gasteiger partial charge in [0.05, 0.1) is 10.6 Å². The summed E-state index contributed by atoms with van der Waals surface area (Å²) in [6.45, 7) is 1.93. The van der Waals surface area contributed by atoms with Crippen LogP contribution in [0.1, 0.15) is 43.0 Å². The van der Waals surface area contributed by atoms with Crippen LogP contribution in [0.2, 0.25) is 5.02 Å². The molecule has 160 valence electrons. The molecule has 2 saturated carbocycles. The Morgan fingerprint density at radius 2 is 1.73 bits per heavy atom. The van der Waals surface area contributed by atoms with Gasteiger partial charge >= 0.3 is 0 Å². The van der Waals surface area contributed by atoms with Crippen molar-refractivity contribution in [1.29, 1.82) is 0 Å². The number of anilines is 1. The largest absolute Gasteiger partial charge is 0.390 e. The van der Waals surface area contributed by atoms with Gasteiger partial charge in [-0.2, -0.15) is 0 Å². The molecular formula is C22H21ClF3NO2S. The zero-order valence-electron chi connectivity index (χ0n) is 16.2. The lowest BCUT2D eigenvalue weighted by atomic mass is 9.76. The van der Waals surface area contributed by atoms with Gasteiger partial charge in [0, 0.05) is 33.5 Å². The third-order valence-corrected chi connectivity index (χ3v) is 8.09. The summed E-state index contributed by atoms with van der Waals surface area (Å²) in [4.78, 5) is 13.3. The summed E-state index contributed by atoms with van der Waals surface area (Å²) in [5.41, 5.74) is -0.507. The number of aliphatic hydroxyl groups is 1. The average molecular weight is 456 g/mol. The quantitative estimate of drug-likeness (QED) is 0.552. The Morgan fingerprint density at radius 1 is 1.13 bits per heavy atom. The molecule has 2 aromatic rings. The fourth-order valence-electron chi connectivity index (χ4n) is 4.61. The summed E-state index contributed by atoms with van der Waals surface area (Å²) in [7, 11) is 0. The van der Waals surface area contributed by atoms with E-state index in [0.717, 1.165) is 42.7 Å². The normalized spacial score (nSPS) is 27.9. The molecule has 2 N–H and O–H groups in total. The number of hydrogen-bond donors (Lipinski definition) is 2. The summed E-state index contributed by atoms with van der Waals surface area (Å²) >= 11 is 7.93. The maximum absolute atomic E-state index is 13.4. The van der Waals surface area contributed by atoms with E-state index in [1.54, 1.807) is 23.9 Å². The van der Waals surface area contributed by atoms with Crippen molar-refractivity contribution in [2.24, 2.45) is 11.8 Å². The molecule has 2 aliphatic carbocycles. The molecule has 8 heteroatoms. The molecule has 3 nitrogen and oxygen atoms in total. The Hall–Kier alpha value is -1.70. The predicted octanol–water partition coefficient (Wildman–Crippen LogP) is 6.04. The highest BCUT2D eigenvalue weighted by Crippen LogP contribution is 2.53. The third-order valence-electron chi connectivity index (χ3n) is 6.34. The Kier molecular flexibility index (Phi) is 5.81. The van der Waals surface area contributed by atoms with Crippen LogP contribution in [-0.2, 0) is 0 Å². The zero-order valence-corrected chi connectivity index (χ0v) is 17.8. The highest BCUT2D eigenvalue weighted by atomic mass is 35.5. The monoisotopic (exact) mass is 455 g/mol. The first-order valence-electron chi connectivity index (χ1n) is 9.79. The van der Waals surface area contributed by atoms with Crippen molar-refractivity contribution in [3.63, 3.8) is 0 Å². The number of amides is 1. The maximum Gasteiger partial charge on any atom is 0.255 e. The number of thioether (sulfide) groups is 1. The van der Waals surface area contributed by atoms with E-state index in [9.17, 15) is 23.1 Å². The van der Waals surface area contributed by atoms with Gasteiger partial charge in [-0.15, -0.1) is 11.8 Å². The second-order valence-corrected chi connectivity index (χ2v) is 10.0. The minimum Gasteiger partial charge on any atom is -0.390 e. The van der Waals surface area contributed by atoms with Gasteiger partial charge in [0.1, 0.15) is 0 Å².